The molecular weight excluding hydrogens is 472 g/mol. The number of aromatic nitrogens is 1. The van der Waals surface area contributed by atoms with Crippen molar-refractivity contribution in [2.24, 2.45) is 0 Å². The number of hydrogen-bond donors (Lipinski definition) is 1. The van der Waals surface area contributed by atoms with Gasteiger partial charge in [0, 0.05) is 30.0 Å². The molecule has 0 aliphatic heterocycles. The van der Waals surface area contributed by atoms with E-state index >= 15 is 0 Å². The standard InChI is InChI=1S/C21H18N2O6S3/c1-29-17-13-18-20(21-15(17)9-11-30-21)22(10-4-12-32(26,27)28)19(31-18)8-7-14-5-2-3-6-16(14)23(24)25/h2-3,5-9,11,13H,4,10,12H2,1H3/p+1/b8-7+. The van der Waals surface area contributed by atoms with Crippen LogP contribution in [-0.4, -0.2) is 30.8 Å². The largest absolute Gasteiger partial charge is 0.496 e. The Kier molecular flexibility index (Phi) is 6.24. The van der Waals surface area contributed by atoms with E-state index < -0.39 is 15.0 Å². The summed E-state index contributed by atoms with van der Waals surface area (Å²) in [6, 6.07) is 10.4. The molecule has 0 radical (unpaired) electrons. The number of rotatable bonds is 8. The van der Waals surface area contributed by atoms with Gasteiger partial charge in [0.15, 0.2) is 6.54 Å². The molecule has 0 aliphatic carbocycles. The molecule has 0 fully saturated rings. The van der Waals surface area contributed by atoms with E-state index in [4.69, 9.17) is 9.29 Å². The number of para-hydroxylation sites is 1. The topological polar surface area (TPSA) is 111 Å². The molecule has 0 atom stereocenters. The number of benzene rings is 2. The second-order valence-corrected chi connectivity index (χ2v) is 10.5. The van der Waals surface area contributed by atoms with E-state index in [-0.39, 0.29) is 17.9 Å². The zero-order chi connectivity index (χ0) is 22.9. The first-order chi connectivity index (χ1) is 15.3. The van der Waals surface area contributed by atoms with Crippen LogP contribution in [0.3, 0.4) is 0 Å². The van der Waals surface area contributed by atoms with Crippen molar-refractivity contribution in [1.82, 2.24) is 0 Å². The number of ether oxygens (including phenoxy) is 1. The third kappa shape index (κ3) is 4.51. The molecule has 0 spiro atoms. The van der Waals surface area contributed by atoms with Gasteiger partial charge in [0.1, 0.15) is 15.1 Å². The van der Waals surface area contributed by atoms with E-state index in [1.54, 1.807) is 48.8 Å². The first kappa shape index (κ1) is 22.3. The third-order valence-electron chi connectivity index (χ3n) is 4.93. The van der Waals surface area contributed by atoms with Crippen LogP contribution < -0.4 is 9.30 Å². The van der Waals surface area contributed by atoms with E-state index in [1.807, 2.05) is 22.1 Å². The van der Waals surface area contributed by atoms with Gasteiger partial charge in [0.2, 0.25) is 5.52 Å². The number of hydrogen-bond acceptors (Lipinski definition) is 7. The van der Waals surface area contributed by atoms with Gasteiger partial charge in [0.25, 0.3) is 20.8 Å². The van der Waals surface area contributed by atoms with Crippen molar-refractivity contribution in [2.75, 3.05) is 12.9 Å². The monoisotopic (exact) mass is 491 g/mol. The van der Waals surface area contributed by atoms with Gasteiger partial charge in [-0.25, -0.2) is 0 Å². The van der Waals surface area contributed by atoms with Crippen molar-refractivity contribution in [2.45, 2.75) is 13.0 Å². The number of nitro benzene ring substituents is 1. The summed E-state index contributed by atoms with van der Waals surface area (Å²) in [6.45, 7) is 0.357. The summed E-state index contributed by atoms with van der Waals surface area (Å²) in [5.41, 5.74) is 1.42. The van der Waals surface area contributed by atoms with Crippen LogP contribution in [-0.2, 0) is 16.7 Å². The highest BCUT2D eigenvalue weighted by Gasteiger charge is 2.25. The molecule has 32 heavy (non-hydrogen) atoms. The van der Waals surface area contributed by atoms with E-state index in [1.165, 1.54) is 17.4 Å². The normalized spacial score (nSPS) is 12.2. The minimum Gasteiger partial charge on any atom is -0.496 e. The summed E-state index contributed by atoms with van der Waals surface area (Å²) >= 11 is 3.04. The Morgan fingerprint density at radius 3 is 2.75 bits per heavy atom. The lowest BCUT2D eigenvalue weighted by atomic mass is 10.1. The van der Waals surface area contributed by atoms with Crippen molar-refractivity contribution in [3.05, 3.63) is 62.5 Å². The van der Waals surface area contributed by atoms with Gasteiger partial charge in [-0.3, -0.25) is 14.7 Å². The summed E-state index contributed by atoms with van der Waals surface area (Å²) in [6.07, 6.45) is 3.71. The second kappa shape index (κ2) is 8.94. The maximum Gasteiger partial charge on any atom is 0.276 e. The quantitative estimate of drug-likeness (QED) is 0.165. The number of fused-ring (bicyclic) bond motifs is 3. The Bertz CT molecular complexity index is 1450. The lowest BCUT2D eigenvalue weighted by Crippen LogP contribution is -2.36. The Hall–Kier alpha value is -2.86. The molecule has 1 N–H and O–H groups in total. The lowest BCUT2D eigenvalue weighted by molar-refractivity contribution is -0.667. The van der Waals surface area contributed by atoms with E-state index in [0.29, 0.717) is 12.1 Å². The van der Waals surface area contributed by atoms with Crippen molar-refractivity contribution in [3.8, 4) is 5.75 Å². The first-order valence-corrected chi connectivity index (χ1v) is 12.9. The molecule has 8 nitrogen and oxygen atoms in total. The first-order valence-electron chi connectivity index (χ1n) is 9.55. The number of thiophene rings is 1. The highest BCUT2D eigenvalue weighted by molar-refractivity contribution is 7.85. The van der Waals surface area contributed by atoms with Crippen molar-refractivity contribution >= 4 is 70.9 Å². The number of aryl methyl sites for hydroxylation is 1. The highest BCUT2D eigenvalue weighted by atomic mass is 32.2. The van der Waals surface area contributed by atoms with E-state index in [0.717, 1.165) is 31.1 Å². The fourth-order valence-corrected chi connectivity index (χ4v) is 6.21. The molecule has 2 aromatic carbocycles. The Morgan fingerprint density at radius 2 is 2.03 bits per heavy atom. The van der Waals surface area contributed by atoms with E-state index in [9.17, 15) is 18.5 Å². The van der Waals surface area contributed by atoms with Crippen LogP contribution in [0.25, 0.3) is 32.5 Å². The van der Waals surface area contributed by atoms with Crippen molar-refractivity contribution < 1.29 is 27.2 Å². The molecule has 11 heteroatoms. The van der Waals surface area contributed by atoms with Gasteiger partial charge in [-0.1, -0.05) is 23.5 Å². The molecule has 4 rings (SSSR count). The minimum atomic E-state index is -4.08. The fourth-order valence-electron chi connectivity index (χ4n) is 3.55. The maximum absolute atomic E-state index is 11.3. The number of nitro groups is 1. The molecule has 0 bridgehead atoms. The predicted octanol–water partition coefficient (Wildman–Crippen LogP) is 4.77. The summed E-state index contributed by atoms with van der Waals surface area (Å²) < 4.78 is 41.1. The third-order valence-corrected chi connectivity index (χ3v) is 7.76. The van der Waals surface area contributed by atoms with Gasteiger partial charge < -0.3 is 4.74 Å². The van der Waals surface area contributed by atoms with Gasteiger partial charge >= 0.3 is 0 Å². The number of nitrogens with zero attached hydrogens (tertiary/aromatic N) is 2. The average molecular weight is 492 g/mol. The van der Waals surface area contributed by atoms with Crippen molar-refractivity contribution in [3.63, 3.8) is 0 Å². The summed E-state index contributed by atoms with van der Waals surface area (Å²) in [7, 11) is -2.46. The number of thiazole rings is 1. The highest BCUT2D eigenvalue weighted by Crippen LogP contribution is 2.38. The second-order valence-electron chi connectivity index (χ2n) is 6.97. The zero-order valence-corrected chi connectivity index (χ0v) is 19.4. The maximum atomic E-state index is 11.3. The molecule has 4 aromatic rings. The van der Waals surface area contributed by atoms with Gasteiger partial charge in [-0.15, -0.1) is 11.3 Å². The molecule has 2 heterocycles. The Morgan fingerprint density at radius 1 is 1.25 bits per heavy atom. The van der Waals surface area contributed by atoms with Crippen LogP contribution in [0.15, 0.2) is 41.8 Å². The Balaban J connectivity index is 1.85. The predicted molar refractivity (Wildman–Crippen MR) is 127 cm³/mol. The van der Waals surface area contributed by atoms with Gasteiger partial charge in [0.05, 0.1) is 23.3 Å². The molecule has 0 saturated carbocycles. The Labute approximate surface area is 191 Å². The van der Waals surface area contributed by atoms with Gasteiger partial charge in [-0.2, -0.15) is 13.0 Å². The van der Waals surface area contributed by atoms with Crippen LogP contribution in [0.2, 0.25) is 0 Å². The lowest BCUT2D eigenvalue weighted by Gasteiger charge is -2.02. The van der Waals surface area contributed by atoms with Crippen LogP contribution in [0.5, 0.6) is 5.75 Å². The molecule has 2 aromatic heterocycles. The van der Waals surface area contributed by atoms with Crippen LogP contribution in [0, 0.1) is 10.1 Å². The smallest absolute Gasteiger partial charge is 0.276 e. The minimum absolute atomic E-state index is 0.00472. The molecule has 0 saturated heterocycles. The molecule has 166 valence electrons. The van der Waals surface area contributed by atoms with Crippen LogP contribution >= 0.6 is 22.7 Å². The molecule has 0 aliphatic rings. The molecule has 0 amide bonds. The SMILES string of the molecule is COc1cc2sc(/C=C/c3ccccc3[N+](=O)[O-])[n+](CCCS(=O)(=O)O)c2c2sccc12. The summed E-state index contributed by atoms with van der Waals surface area (Å²) in [4.78, 5) is 10.9. The van der Waals surface area contributed by atoms with Crippen molar-refractivity contribution in [1.29, 1.82) is 0 Å². The van der Waals surface area contributed by atoms with Gasteiger partial charge in [-0.05, 0) is 23.6 Å². The van der Waals surface area contributed by atoms with Crippen LogP contribution in [0.1, 0.15) is 17.0 Å². The van der Waals surface area contributed by atoms with Crippen LogP contribution in [0.4, 0.5) is 5.69 Å². The number of methoxy groups -OCH3 is 1. The molecule has 0 unspecified atom stereocenters. The average Bonchev–Trinajstić information content (AvgIpc) is 3.35. The molecular formula is C21H19N2O6S3+. The zero-order valence-electron chi connectivity index (χ0n) is 16.9. The fraction of sp³-hybridized carbons (Fsp3) is 0.190. The van der Waals surface area contributed by atoms with E-state index in [2.05, 4.69) is 0 Å². The summed E-state index contributed by atoms with van der Waals surface area (Å²) in [5, 5.41) is 15.1. The summed E-state index contributed by atoms with van der Waals surface area (Å²) in [5.74, 6) is 0.392.